The molecule has 0 atom stereocenters. The van der Waals surface area contributed by atoms with E-state index in [1.54, 1.807) is 0 Å². The molecule has 0 aromatic heterocycles. The van der Waals surface area contributed by atoms with Crippen LogP contribution in [0.5, 0.6) is 0 Å². The topological polar surface area (TPSA) is 122 Å². The Hall–Kier alpha value is 8.06. The third kappa shape index (κ3) is 56.1. The Kier molecular flexibility index (Phi) is 548. The van der Waals surface area contributed by atoms with Gasteiger partial charge in [0, 0.05) is 0 Å². The summed E-state index contributed by atoms with van der Waals surface area (Å²) in [6.07, 6.45) is 0. The van der Waals surface area contributed by atoms with Gasteiger partial charge in [0.05, 0.1) is 0 Å². The summed E-state index contributed by atoms with van der Waals surface area (Å²) in [6, 6.07) is 0. The molecule has 0 aromatic carbocycles. The molecule has 10 heavy (non-hydrogen) atoms. The van der Waals surface area contributed by atoms with Gasteiger partial charge in [-0.2, -0.15) is 0 Å². The van der Waals surface area contributed by atoms with E-state index in [1.807, 2.05) is 0 Å². The maximum Gasteiger partial charge on any atom is 2.00 e. The summed E-state index contributed by atoms with van der Waals surface area (Å²) in [7, 11) is 0. The molecule has 0 unspecified atom stereocenters. The third-order valence-corrected chi connectivity index (χ3v) is 0. The zero-order chi connectivity index (χ0) is 0. The number of hydrogen-bond donors (Lipinski definition) is 0. The first-order valence-electron chi connectivity index (χ1n) is 0. The van der Waals surface area contributed by atoms with Gasteiger partial charge in [0.25, 0.3) is 0 Å². The van der Waals surface area contributed by atoms with Crippen molar-refractivity contribution in [3.05, 3.63) is 24.6 Å². The van der Waals surface area contributed by atoms with E-state index in [1.165, 1.54) is 0 Å². The molecule has 0 spiro atoms. The average molecular weight is 439 g/mol. The summed E-state index contributed by atoms with van der Waals surface area (Å²) in [5.41, 5.74) is 0. The first-order chi connectivity index (χ1) is 0. The average Bonchev–Trinajstić information content (AvgIpc) is 0. The molecule has 0 heterocycles. The summed E-state index contributed by atoms with van der Waals surface area (Å²) in [5, 5.41) is 0. The Balaban J connectivity index is 0. The number of rotatable bonds is 0. The second kappa shape index (κ2) is 67.7. The molecule has 0 bridgehead atoms. The van der Waals surface area contributed by atoms with Crippen LogP contribution in [-0.2, 0) is 0 Å². The molecule has 32 valence electrons. The Morgan fingerprint density at radius 3 is 0.300 bits per heavy atom. The van der Waals surface area contributed by atoms with E-state index < -0.39 is 0 Å². The van der Waals surface area contributed by atoms with Gasteiger partial charge in [-0.05, 0) is 0 Å². The SMILES string of the molecule is [Ca+2].[Ca+2].[Ca+2].[N-3].[N-3].[N-3].[N-3].[Sr+2].[Sr+2].[Sr+2]. The van der Waals surface area contributed by atoms with Crippen molar-refractivity contribution in [3.63, 3.8) is 0 Å². The van der Waals surface area contributed by atoms with E-state index in [0.29, 0.717) is 0 Å². The predicted molar refractivity (Wildman–Crippen MR) is 48.0 cm³/mol. The fourth-order valence-corrected chi connectivity index (χ4v) is 0. The molecule has 0 aliphatic carbocycles. The molecule has 0 saturated heterocycles. The van der Waals surface area contributed by atoms with Crippen LogP contribution in [-0.4, -0.2) is 250 Å². The molecular formula is Ca3N4Sr3. The van der Waals surface area contributed by atoms with E-state index in [-0.39, 0.29) is 274 Å². The minimum absolute atomic E-state index is 0. The smallest absolute Gasteiger partial charge is 2.00 e. The van der Waals surface area contributed by atoms with E-state index in [0.717, 1.165) is 0 Å². The molecular weight excluding hydrogens is 439 g/mol. The Morgan fingerprint density at radius 2 is 0.300 bits per heavy atom. The fraction of sp³-hybridized carbons (Fsp3) is 0. The zero-order valence-corrected chi connectivity index (χ0v) is 23.1. The summed E-state index contributed by atoms with van der Waals surface area (Å²) < 4.78 is 0. The second-order valence-electron chi connectivity index (χ2n) is 0. The van der Waals surface area contributed by atoms with Crippen LogP contribution in [0.4, 0.5) is 0 Å². The maximum atomic E-state index is 0. The van der Waals surface area contributed by atoms with Crippen LogP contribution in [0.3, 0.4) is 0 Å². The van der Waals surface area contributed by atoms with Crippen molar-refractivity contribution >= 4 is 250 Å². The molecule has 0 rings (SSSR count). The predicted octanol–water partition coefficient (Wildman–Crippen LogP) is -1.13. The van der Waals surface area contributed by atoms with Crippen molar-refractivity contribution in [2.75, 3.05) is 0 Å². The van der Waals surface area contributed by atoms with Crippen LogP contribution in [0.25, 0.3) is 24.6 Å². The number of hydrogen-bond acceptors (Lipinski definition) is 0. The van der Waals surface area contributed by atoms with Crippen molar-refractivity contribution in [1.82, 2.24) is 0 Å². The summed E-state index contributed by atoms with van der Waals surface area (Å²) in [5.74, 6) is 0. The van der Waals surface area contributed by atoms with E-state index in [9.17, 15) is 0 Å². The van der Waals surface area contributed by atoms with Gasteiger partial charge >= 0.3 is 250 Å². The van der Waals surface area contributed by atoms with Gasteiger partial charge in [-0.1, -0.05) is 0 Å². The van der Waals surface area contributed by atoms with Crippen LogP contribution >= 0.6 is 0 Å². The van der Waals surface area contributed by atoms with Crippen molar-refractivity contribution in [2.45, 2.75) is 0 Å². The van der Waals surface area contributed by atoms with E-state index in [4.69, 9.17) is 0 Å². The summed E-state index contributed by atoms with van der Waals surface area (Å²) in [4.78, 5) is 0. The van der Waals surface area contributed by atoms with Crippen LogP contribution in [0.2, 0.25) is 0 Å². The van der Waals surface area contributed by atoms with Crippen molar-refractivity contribution in [2.24, 2.45) is 0 Å². The Labute approximate surface area is 264 Å². The largest absolute Gasteiger partial charge is 3.00 e. The Morgan fingerprint density at radius 1 is 0.300 bits per heavy atom. The first-order valence-corrected chi connectivity index (χ1v) is 0. The van der Waals surface area contributed by atoms with Crippen molar-refractivity contribution < 1.29 is 0 Å². The van der Waals surface area contributed by atoms with Gasteiger partial charge in [-0.15, -0.1) is 0 Å². The Bertz CT molecular complexity index is 15.7. The second-order valence-corrected chi connectivity index (χ2v) is 0. The zero-order valence-electron chi connectivity index (χ0n) is 6.03. The van der Waals surface area contributed by atoms with Gasteiger partial charge in [-0.3, -0.25) is 0 Å². The summed E-state index contributed by atoms with van der Waals surface area (Å²) >= 11 is 0. The minimum Gasteiger partial charge on any atom is -3.00 e. The van der Waals surface area contributed by atoms with Gasteiger partial charge in [0.15, 0.2) is 0 Å². The molecule has 0 aromatic rings. The van der Waals surface area contributed by atoms with Crippen LogP contribution < -0.4 is 0 Å². The van der Waals surface area contributed by atoms with Gasteiger partial charge in [0.1, 0.15) is 0 Å². The summed E-state index contributed by atoms with van der Waals surface area (Å²) in [6.45, 7) is 0. The molecule has 0 aliphatic heterocycles. The van der Waals surface area contributed by atoms with Gasteiger partial charge in [0.2, 0.25) is 0 Å². The molecule has 10 heteroatoms. The molecule has 0 fully saturated rings. The van der Waals surface area contributed by atoms with E-state index in [2.05, 4.69) is 0 Å². The van der Waals surface area contributed by atoms with E-state index >= 15 is 0 Å². The third-order valence-electron chi connectivity index (χ3n) is 0. The minimum atomic E-state index is 0. The standard InChI is InChI=1S/3Ca.4N.3Sr/q3*+2;4*-3;3*+2. The van der Waals surface area contributed by atoms with Gasteiger partial charge < -0.3 is 24.6 Å². The quantitative estimate of drug-likeness (QED) is 0.425. The first kappa shape index (κ1) is 80.9. The molecule has 4 nitrogen and oxygen atoms in total. The fourth-order valence-electron chi connectivity index (χ4n) is 0. The molecule has 0 aliphatic rings. The number of nitrogens with zero attached hydrogens (tertiary/aromatic N) is 4. The van der Waals surface area contributed by atoms with Gasteiger partial charge in [-0.25, -0.2) is 0 Å². The van der Waals surface area contributed by atoms with Crippen LogP contribution in [0, 0.1) is 0 Å². The molecule has 0 amide bonds. The molecule has 0 N–H and O–H groups in total. The normalized spacial score (nSPS) is 0. The monoisotopic (exact) mass is 440 g/mol. The maximum absolute atomic E-state index is 0. The molecule has 0 radical (unpaired) electrons. The van der Waals surface area contributed by atoms with Crippen LogP contribution in [0.1, 0.15) is 0 Å². The van der Waals surface area contributed by atoms with Crippen molar-refractivity contribution in [3.8, 4) is 0 Å². The molecule has 0 saturated carbocycles. The van der Waals surface area contributed by atoms with Crippen LogP contribution in [0.15, 0.2) is 0 Å². The van der Waals surface area contributed by atoms with Crippen molar-refractivity contribution in [1.29, 1.82) is 0 Å².